The summed E-state index contributed by atoms with van der Waals surface area (Å²) in [5.41, 5.74) is 0. The van der Waals surface area contributed by atoms with Crippen molar-refractivity contribution in [2.75, 3.05) is 13.2 Å². The predicted molar refractivity (Wildman–Crippen MR) is 297 cm³/mol. The van der Waals surface area contributed by atoms with E-state index < -0.39 is 6.10 Å². The van der Waals surface area contributed by atoms with Crippen molar-refractivity contribution in [1.82, 2.24) is 0 Å². The summed E-state index contributed by atoms with van der Waals surface area (Å²) in [6.07, 6.45) is 75.5. The lowest BCUT2D eigenvalue weighted by atomic mass is 10.1. The fourth-order valence-corrected chi connectivity index (χ4v) is 7.77. The molecule has 0 spiro atoms. The first kappa shape index (κ1) is 65.3. The van der Waals surface area contributed by atoms with Crippen molar-refractivity contribution in [2.45, 2.75) is 271 Å². The molecular formula is C63H106O6. The summed E-state index contributed by atoms with van der Waals surface area (Å²) in [5, 5.41) is 0. The second-order valence-corrected chi connectivity index (χ2v) is 18.8. The minimum absolute atomic E-state index is 0.0845. The molecule has 0 bridgehead atoms. The normalized spacial score (nSPS) is 12.8. The predicted octanol–water partition coefficient (Wildman–Crippen LogP) is 19.3. The molecule has 394 valence electrons. The van der Waals surface area contributed by atoms with Gasteiger partial charge in [0.05, 0.1) is 0 Å². The zero-order chi connectivity index (χ0) is 50.0. The third-order valence-corrected chi connectivity index (χ3v) is 12.1. The van der Waals surface area contributed by atoms with Crippen LogP contribution in [0.15, 0.2) is 97.2 Å². The Morgan fingerprint density at radius 2 is 0.565 bits per heavy atom. The zero-order valence-corrected chi connectivity index (χ0v) is 45.0. The van der Waals surface area contributed by atoms with Crippen molar-refractivity contribution in [3.8, 4) is 0 Å². The van der Waals surface area contributed by atoms with Crippen LogP contribution in [0.2, 0.25) is 0 Å². The van der Waals surface area contributed by atoms with Crippen LogP contribution in [0, 0.1) is 0 Å². The van der Waals surface area contributed by atoms with Crippen LogP contribution in [0.4, 0.5) is 0 Å². The van der Waals surface area contributed by atoms with Gasteiger partial charge in [0.2, 0.25) is 0 Å². The van der Waals surface area contributed by atoms with Gasteiger partial charge in [-0.05, 0) is 103 Å². The first-order chi connectivity index (χ1) is 34.0. The van der Waals surface area contributed by atoms with Gasteiger partial charge < -0.3 is 14.2 Å². The second-order valence-electron chi connectivity index (χ2n) is 18.8. The van der Waals surface area contributed by atoms with Crippen molar-refractivity contribution in [3.05, 3.63) is 97.2 Å². The molecule has 0 aliphatic heterocycles. The van der Waals surface area contributed by atoms with Gasteiger partial charge in [-0.25, -0.2) is 0 Å². The number of hydrogen-bond acceptors (Lipinski definition) is 6. The van der Waals surface area contributed by atoms with Crippen molar-refractivity contribution in [2.24, 2.45) is 0 Å². The molecule has 0 heterocycles. The quantitative estimate of drug-likeness (QED) is 0.0262. The first-order valence-electron chi connectivity index (χ1n) is 28.7. The minimum Gasteiger partial charge on any atom is -0.462 e. The van der Waals surface area contributed by atoms with Gasteiger partial charge in [-0.15, -0.1) is 0 Å². The zero-order valence-electron chi connectivity index (χ0n) is 45.0. The largest absolute Gasteiger partial charge is 0.462 e. The molecule has 6 nitrogen and oxygen atoms in total. The SMILES string of the molecule is CC/C=C\C/C=C\C/C=C\C/C=C\C/C=C\C/C=C\CCCCCCCCCCC(=O)OCC(COC(=O)CCCCCCCCCCC)OC(=O)CCCCCCC/C=C\C/C=C\CCCCC. The second kappa shape index (κ2) is 56.9. The Balaban J connectivity index is 4.26. The Labute approximate surface area is 426 Å². The molecule has 69 heavy (non-hydrogen) atoms. The Morgan fingerprint density at radius 3 is 0.913 bits per heavy atom. The first-order valence-corrected chi connectivity index (χ1v) is 28.7. The monoisotopic (exact) mass is 959 g/mol. The Kier molecular flexibility index (Phi) is 53.9. The third-order valence-electron chi connectivity index (χ3n) is 12.1. The Morgan fingerprint density at radius 1 is 0.304 bits per heavy atom. The molecule has 1 atom stereocenters. The molecule has 0 N–H and O–H groups in total. The molecule has 0 amide bonds. The number of ether oxygens (including phenoxy) is 3. The van der Waals surface area contributed by atoms with Crippen molar-refractivity contribution in [3.63, 3.8) is 0 Å². The van der Waals surface area contributed by atoms with Gasteiger partial charge in [-0.3, -0.25) is 14.4 Å². The number of carbonyl (C=O) groups excluding carboxylic acids is 3. The highest BCUT2D eigenvalue weighted by Gasteiger charge is 2.19. The van der Waals surface area contributed by atoms with Crippen LogP contribution in [0.5, 0.6) is 0 Å². The molecule has 0 aliphatic carbocycles. The maximum Gasteiger partial charge on any atom is 0.306 e. The number of unbranched alkanes of at least 4 members (excludes halogenated alkanes) is 24. The van der Waals surface area contributed by atoms with Crippen LogP contribution in [-0.4, -0.2) is 37.2 Å². The average molecular weight is 960 g/mol. The van der Waals surface area contributed by atoms with Gasteiger partial charge in [-0.2, -0.15) is 0 Å². The lowest BCUT2D eigenvalue weighted by molar-refractivity contribution is -0.167. The van der Waals surface area contributed by atoms with Crippen LogP contribution in [-0.2, 0) is 28.6 Å². The summed E-state index contributed by atoms with van der Waals surface area (Å²) in [6.45, 7) is 6.46. The van der Waals surface area contributed by atoms with Crippen molar-refractivity contribution in [1.29, 1.82) is 0 Å². The molecule has 6 heteroatoms. The highest BCUT2D eigenvalue weighted by molar-refractivity contribution is 5.71. The number of esters is 3. The van der Waals surface area contributed by atoms with Gasteiger partial charge >= 0.3 is 17.9 Å². The molecule has 0 aromatic rings. The van der Waals surface area contributed by atoms with E-state index in [2.05, 4.69) is 118 Å². The number of carbonyl (C=O) groups is 3. The van der Waals surface area contributed by atoms with E-state index in [0.717, 1.165) is 128 Å². The summed E-state index contributed by atoms with van der Waals surface area (Å²) < 4.78 is 16.8. The van der Waals surface area contributed by atoms with Gasteiger partial charge in [-0.1, -0.05) is 240 Å². The van der Waals surface area contributed by atoms with Crippen molar-refractivity contribution >= 4 is 17.9 Å². The van der Waals surface area contributed by atoms with Gasteiger partial charge in [0, 0.05) is 19.3 Å². The van der Waals surface area contributed by atoms with Crippen LogP contribution < -0.4 is 0 Å². The van der Waals surface area contributed by atoms with Gasteiger partial charge in [0.1, 0.15) is 13.2 Å². The molecule has 0 aromatic heterocycles. The molecular weight excluding hydrogens is 853 g/mol. The van der Waals surface area contributed by atoms with Crippen LogP contribution in [0.25, 0.3) is 0 Å². The molecule has 0 rings (SSSR count). The molecule has 0 saturated carbocycles. The van der Waals surface area contributed by atoms with Gasteiger partial charge in [0.25, 0.3) is 0 Å². The van der Waals surface area contributed by atoms with E-state index in [-0.39, 0.29) is 31.1 Å². The van der Waals surface area contributed by atoms with Crippen LogP contribution >= 0.6 is 0 Å². The number of rotatable bonds is 51. The summed E-state index contributed by atoms with van der Waals surface area (Å²) in [4.78, 5) is 38.0. The topological polar surface area (TPSA) is 78.9 Å². The van der Waals surface area contributed by atoms with Crippen LogP contribution in [0.3, 0.4) is 0 Å². The maximum atomic E-state index is 12.8. The molecule has 0 aliphatic rings. The van der Waals surface area contributed by atoms with E-state index in [1.165, 1.54) is 96.3 Å². The van der Waals surface area contributed by atoms with E-state index in [0.29, 0.717) is 19.3 Å². The molecule has 1 unspecified atom stereocenters. The Bertz CT molecular complexity index is 1380. The van der Waals surface area contributed by atoms with E-state index in [4.69, 9.17) is 14.2 Å². The van der Waals surface area contributed by atoms with E-state index >= 15 is 0 Å². The van der Waals surface area contributed by atoms with Crippen molar-refractivity contribution < 1.29 is 28.6 Å². The average Bonchev–Trinajstić information content (AvgIpc) is 3.35. The van der Waals surface area contributed by atoms with E-state index in [1.54, 1.807) is 0 Å². The highest BCUT2D eigenvalue weighted by atomic mass is 16.6. The lowest BCUT2D eigenvalue weighted by Gasteiger charge is -2.18. The van der Waals surface area contributed by atoms with Crippen LogP contribution in [0.1, 0.15) is 265 Å². The summed E-state index contributed by atoms with van der Waals surface area (Å²) in [5.74, 6) is -0.908. The molecule has 0 saturated heterocycles. The van der Waals surface area contributed by atoms with E-state index in [9.17, 15) is 14.4 Å². The highest BCUT2D eigenvalue weighted by Crippen LogP contribution is 2.15. The third kappa shape index (κ3) is 55.1. The van der Waals surface area contributed by atoms with E-state index in [1.807, 2.05) is 0 Å². The van der Waals surface area contributed by atoms with Gasteiger partial charge in [0.15, 0.2) is 6.10 Å². The number of allylic oxidation sites excluding steroid dienone is 16. The fraction of sp³-hybridized carbons (Fsp3) is 0.698. The number of hydrogen-bond donors (Lipinski definition) is 0. The standard InChI is InChI=1S/C63H106O6/c1-4-7-10-13-16-19-21-23-25-26-27-28-29-30-31-32-33-34-35-36-38-39-41-44-47-50-53-56-62(65)68-59-60(58-67-61(64)55-52-49-46-43-18-15-12-9-6-3)69-63(66)57-54-51-48-45-42-40-37-24-22-20-17-14-11-8-5-2/h7,10,16-17,19-20,23-25,27-28,30-31,33-34,37,60H,4-6,8-9,11-15,18,21-22,26,29,32,35-36,38-59H2,1-3H3/b10-7-,19-16-,20-17-,25-23-,28-27-,31-30-,34-33-,37-24-. The maximum absolute atomic E-state index is 12.8. The smallest absolute Gasteiger partial charge is 0.306 e. The lowest BCUT2D eigenvalue weighted by Crippen LogP contribution is -2.30. The fourth-order valence-electron chi connectivity index (χ4n) is 7.77. The molecule has 0 radical (unpaired) electrons. The summed E-state index contributed by atoms with van der Waals surface area (Å²) in [6, 6.07) is 0. The summed E-state index contributed by atoms with van der Waals surface area (Å²) in [7, 11) is 0. The molecule has 0 fully saturated rings. The molecule has 0 aromatic carbocycles. The summed E-state index contributed by atoms with van der Waals surface area (Å²) >= 11 is 0. The Hall–Kier alpha value is -3.67. The minimum atomic E-state index is -0.786.